The average molecular weight is 410 g/mol. The number of aromatic nitrogens is 4. The molecule has 0 saturated carbocycles. The standard InChI is InChI=1S/C22H27N5OS/c1-2-3-8-19-12-14-20(15-13-19)27-22(24-25-26-27)29-17-21(28)23-16-7-11-18-9-5-4-6-10-18/h4-6,9-10,12-15H,2-3,7-8,11,16-17H2,1H3,(H,23,28). The van der Waals surface area contributed by atoms with Crippen molar-refractivity contribution >= 4 is 17.7 Å². The first-order valence-corrected chi connectivity index (χ1v) is 11.1. The number of nitrogens with one attached hydrogen (secondary N) is 1. The summed E-state index contributed by atoms with van der Waals surface area (Å²) >= 11 is 1.34. The van der Waals surface area contributed by atoms with Crippen molar-refractivity contribution in [2.75, 3.05) is 12.3 Å². The molecular weight excluding hydrogens is 382 g/mol. The number of benzene rings is 2. The SMILES string of the molecule is CCCCc1ccc(-n2nnnc2SCC(=O)NCCCc2ccccc2)cc1. The van der Waals surface area contributed by atoms with Crippen LogP contribution in [0.1, 0.15) is 37.3 Å². The highest BCUT2D eigenvalue weighted by atomic mass is 32.2. The van der Waals surface area contributed by atoms with Crippen LogP contribution >= 0.6 is 11.8 Å². The van der Waals surface area contributed by atoms with Crippen molar-refractivity contribution in [2.45, 2.75) is 44.2 Å². The van der Waals surface area contributed by atoms with Crippen molar-refractivity contribution in [3.63, 3.8) is 0 Å². The lowest BCUT2D eigenvalue weighted by molar-refractivity contribution is -0.118. The predicted molar refractivity (Wildman–Crippen MR) is 116 cm³/mol. The number of carbonyl (C=O) groups excluding carboxylic acids is 1. The van der Waals surface area contributed by atoms with E-state index in [0.29, 0.717) is 17.5 Å². The van der Waals surface area contributed by atoms with Crippen molar-refractivity contribution in [3.05, 3.63) is 65.7 Å². The van der Waals surface area contributed by atoms with Crippen LogP contribution in [0, 0.1) is 0 Å². The molecule has 0 aliphatic rings. The van der Waals surface area contributed by atoms with Crippen LogP contribution in [0.5, 0.6) is 0 Å². The van der Waals surface area contributed by atoms with Crippen molar-refractivity contribution < 1.29 is 4.79 Å². The third-order valence-electron chi connectivity index (χ3n) is 4.58. The van der Waals surface area contributed by atoms with Gasteiger partial charge in [-0.3, -0.25) is 4.79 Å². The average Bonchev–Trinajstić information content (AvgIpc) is 3.23. The van der Waals surface area contributed by atoms with Gasteiger partial charge in [0.15, 0.2) is 0 Å². The molecule has 29 heavy (non-hydrogen) atoms. The Hall–Kier alpha value is -2.67. The summed E-state index contributed by atoms with van der Waals surface area (Å²) in [4.78, 5) is 12.1. The first-order chi connectivity index (χ1) is 14.3. The molecule has 1 amide bonds. The second kappa shape index (κ2) is 11.4. The molecule has 152 valence electrons. The second-order valence-electron chi connectivity index (χ2n) is 6.87. The number of thioether (sulfide) groups is 1. The number of amides is 1. The molecule has 3 rings (SSSR count). The van der Waals surface area contributed by atoms with Gasteiger partial charge in [-0.2, -0.15) is 4.68 Å². The Morgan fingerprint density at radius 3 is 2.48 bits per heavy atom. The predicted octanol–water partition coefficient (Wildman–Crippen LogP) is 3.85. The quantitative estimate of drug-likeness (QED) is 0.385. The van der Waals surface area contributed by atoms with E-state index in [1.165, 1.54) is 35.7 Å². The van der Waals surface area contributed by atoms with Gasteiger partial charge in [0.2, 0.25) is 11.1 Å². The summed E-state index contributed by atoms with van der Waals surface area (Å²) in [6.07, 6.45) is 5.33. The summed E-state index contributed by atoms with van der Waals surface area (Å²) in [6, 6.07) is 18.6. The van der Waals surface area contributed by atoms with Crippen LogP contribution in [0.4, 0.5) is 0 Å². The molecule has 0 saturated heterocycles. The number of unbranched alkanes of at least 4 members (excludes halogenated alkanes) is 1. The third kappa shape index (κ3) is 6.71. The summed E-state index contributed by atoms with van der Waals surface area (Å²) in [7, 11) is 0. The summed E-state index contributed by atoms with van der Waals surface area (Å²) < 4.78 is 1.68. The van der Waals surface area contributed by atoms with Gasteiger partial charge in [0, 0.05) is 6.54 Å². The van der Waals surface area contributed by atoms with Gasteiger partial charge < -0.3 is 5.32 Å². The lowest BCUT2D eigenvalue weighted by atomic mass is 10.1. The Balaban J connectivity index is 1.44. The highest BCUT2D eigenvalue weighted by Crippen LogP contribution is 2.18. The van der Waals surface area contributed by atoms with Crippen LogP contribution in [0.25, 0.3) is 5.69 Å². The van der Waals surface area contributed by atoms with E-state index < -0.39 is 0 Å². The van der Waals surface area contributed by atoms with Crippen molar-refractivity contribution in [2.24, 2.45) is 0 Å². The molecule has 1 N–H and O–H groups in total. The molecule has 0 fully saturated rings. The van der Waals surface area contributed by atoms with Gasteiger partial charge in [-0.15, -0.1) is 5.10 Å². The van der Waals surface area contributed by atoms with Gasteiger partial charge in [0.1, 0.15) is 0 Å². The van der Waals surface area contributed by atoms with Crippen LogP contribution in [0.15, 0.2) is 59.8 Å². The molecule has 3 aromatic rings. The maximum atomic E-state index is 12.1. The molecule has 0 aliphatic carbocycles. The van der Waals surface area contributed by atoms with Gasteiger partial charge in [-0.25, -0.2) is 0 Å². The zero-order valence-corrected chi connectivity index (χ0v) is 17.6. The highest BCUT2D eigenvalue weighted by molar-refractivity contribution is 7.99. The minimum atomic E-state index is -0.00692. The monoisotopic (exact) mass is 409 g/mol. The third-order valence-corrected chi connectivity index (χ3v) is 5.50. The van der Waals surface area contributed by atoms with Gasteiger partial charge in [-0.05, 0) is 59.4 Å². The number of carbonyl (C=O) groups is 1. The Kier molecular flexibility index (Phi) is 8.25. The van der Waals surface area contributed by atoms with Gasteiger partial charge in [0.25, 0.3) is 0 Å². The minimum Gasteiger partial charge on any atom is -0.355 e. The summed E-state index contributed by atoms with van der Waals surface area (Å²) in [5, 5.41) is 15.5. The van der Waals surface area contributed by atoms with Crippen molar-refractivity contribution in [3.8, 4) is 5.69 Å². The molecule has 1 aromatic heterocycles. The molecule has 0 bridgehead atoms. The minimum absolute atomic E-state index is 0.00692. The van der Waals surface area contributed by atoms with E-state index in [0.717, 1.165) is 24.9 Å². The van der Waals surface area contributed by atoms with E-state index in [1.807, 2.05) is 30.3 Å². The second-order valence-corrected chi connectivity index (χ2v) is 7.81. The first-order valence-electron chi connectivity index (χ1n) is 10.1. The first kappa shape index (κ1) is 21.0. The van der Waals surface area contributed by atoms with Crippen molar-refractivity contribution in [1.82, 2.24) is 25.5 Å². The topological polar surface area (TPSA) is 72.7 Å². The van der Waals surface area contributed by atoms with Crippen LogP contribution in [-0.2, 0) is 17.6 Å². The van der Waals surface area contributed by atoms with Crippen LogP contribution < -0.4 is 5.32 Å². The zero-order chi connectivity index (χ0) is 20.3. The summed E-state index contributed by atoms with van der Waals surface area (Å²) in [5.41, 5.74) is 3.50. The maximum Gasteiger partial charge on any atom is 0.230 e. The van der Waals surface area contributed by atoms with Gasteiger partial charge >= 0.3 is 0 Å². The fourth-order valence-corrected chi connectivity index (χ4v) is 3.68. The zero-order valence-electron chi connectivity index (χ0n) is 16.8. The normalized spacial score (nSPS) is 10.8. The molecule has 0 radical (unpaired) electrons. The fraction of sp³-hybridized carbons (Fsp3) is 0.364. The molecule has 7 heteroatoms. The molecule has 0 atom stereocenters. The molecule has 0 spiro atoms. The van der Waals surface area contributed by atoms with E-state index >= 15 is 0 Å². The van der Waals surface area contributed by atoms with Crippen LogP contribution in [0.3, 0.4) is 0 Å². The largest absolute Gasteiger partial charge is 0.355 e. The lowest BCUT2D eigenvalue weighted by Gasteiger charge is -2.07. The van der Waals surface area contributed by atoms with Gasteiger partial charge in [0.05, 0.1) is 11.4 Å². The maximum absolute atomic E-state index is 12.1. The Morgan fingerprint density at radius 1 is 1.00 bits per heavy atom. The number of hydrogen-bond acceptors (Lipinski definition) is 5. The molecule has 0 aliphatic heterocycles. The van der Waals surface area contributed by atoms with Crippen LogP contribution in [-0.4, -0.2) is 38.4 Å². The number of nitrogens with zero attached hydrogens (tertiary/aromatic N) is 4. The molecule has 6 nitrogen and oxygen atoms in total. The van der Waals surface area contributed by atoms with Gasteiger partial charge in [-0.1, -0.05) is 67.6 Å². The van der Waals surface area contributed by atoms with E-state index in [9.17, 15) is 4.79 Å². The Bertz CT molecular complexity index is 880. The fourth-order valence-electron chi connectivity index (χ4n) is 2.96. The number of rotatable bonds is 11. The van der Waals surface area contributed by atoms with Crippen LogP contribution in [0.2, 0.25) is 0 Å². The van der Waals surface area contributed by atoms with E-state index in [4.69, 9.17) is 0 Å². The highest BCUT2D eigenvalue weighted by Gasteiger charge is 2.11. The number of hydrogen-bond donors (Lipinski definition) is 1. The molecule has 1 heterocycles. The smallest absolute Gasteiger partial charge is 0.230 e. The van der Waals surface area contributed by atoms with Crippen molar-refractivity contribution in [1.29, 1.82) is 0 Å². The molecular formula is C22H27N5OS. The molecule has 2 aromatic carbocycles. The number of aryl methyl sites for hydroxylation is 2. The Labute approximate surface area is 176 Å². The van der Waals surface area contributed by atoms with E-state index in [1.54, 1.807) is 4.68 Å². The number of tetrazole rings is 1. The van der Waals surface area contributed by atoms with E-state index in [2.05, 4.69) is 52.0 Å². The van der Waals surface area contributed by atoms with E-state index in [-0.39, 0.29) is 5.91 Å². The molecule has 0 unspecified atom stereocenters. The Morgan fingerprint density at radius 2 is 1.72 bits per heavy atom. The summed E-state index contributed by atoms with van der Waals surface area (Å²) in [6.45, 7) is 2.86. The summed E-state index contributed by atoms with van der Waals surface area (Å²) in [5.74, 6) is 0.285. The lowest BCUT2D eigenvalue weighted by Crippen LogP contribution is -2.26.